The molecule has 1 aromatic heterocycles. The maximum atomic E-state index is 12.5. The molecule has 0 atom stereocenters. The molecule has 0 aliphatic rings. The van der Waals surface area contributed by atoms with Crippen molar-refractivity contribution in [1.82, 2.24) is 19.9 Å². The van der Waals surface area contributed by atoms with Gasteiger partial charge in [-0.25, -0.2) is 4.68 Å². The van der Waals surface area contributed by atoms with E-state index in [9.17, 15) is 18.4 Å². The Labute approximate surface area is 148 Å². The number of carboxylic acid groups (broad SMARTS) is 1. The fourth-order valence-corrected chi connectivity index (χ4v) is 2.32. The molecule has 0 saturated heterocycles. The Hall–Kier alpha value is -3.04. The monoisotopic (exact) mass is 368 g/mol. The number of ether oxygens (including phenoxy) is 1. The zero-order chi connectivity index (χ0) is 19.3. The maximum Gasteiger partial charge on any atom is 0.387 e. The molecule has 2 rings (SSSR count). The summed E-state index contributed by atoms with van der Waals surface area (Å²) in [6.45, 7) is 0.863. The first-order valence-electron chi connectivity index (χ1n) is 7.82. The van der Waals surface area contributed by atoms with Gasteiger partial charge in [-0.05, 0) is 38.1 Å². The maximum absolute atomic E-state index is 12.5. The molecule has 2 aromatic rings. The molecule has 8 nitrogen and oxygen atoms in total. The Balaban J connectivity index is 2.20. The first-order chi connectivity index (χ1) is 12.3. The summed E-state index contributed by atoms with van der Waals surface area (Å²) in [5.41, 5.74) is 1.07. The van der Waals surface area contributed by atoms with Gasteiger partial charge in [0.15, 0.2) is 5.69 Å². The summed E-state index contributed by atoms with van der Waals surface area (Å²) >= 11 is 0. The second-order valence-electron chi connectivity index (χ2n) is 5.34. The lowest BCUT2D eigenvalue weighted by Crippen LogP contribution is -2.33. The Morgan fingerprint density at radius 2 is 1.96 bits per heavy atom. The van der Waals surface area contributed by atoms with Crippen LogP contribution in [0.25, 0.3) is 5.69 Å². The number of carbonyl (C=O) groups excluding carboxylic acids is 1. The fraction of sp³-hybridized carbons (Fsp3) is 0.375. The minimum absolute atomic E-state index is 0.00338. The Bertz CT molecular complexity index is 777. The number of benzene rings is 1. The van der Waals surface area contributed by atoms with E-state index < -0.39 is 18.5 Å². The van der Waals surface area contributed by atoms with Crippen molar-refractivity contribution >= 4 is 11.9 Å². The van der Waals surface area contributed by atoms with Crippen LogP contribution in [0.15, 0.2) is 24.3 Å². The Morgan fingerprint density at radius 3 is 2.50 bits per heavy atom. The normalized spacial score (nSPS) is 10.8. The van der Waals surface area contributed by atoms with E-state index in [0.29, 0.717) is 17.9 Å². The van der Waals surface area contributed by atoms with Gasteiger partial charge in [-0.15, -0.1) is 5.10 Å². The van der Waals surface area contributed by atoms with Crippen LogP contribution in [-0.4, -0.2) is 56.6 Å². The molecule has 1 aromatic carbocycles. The van der Waals surface area contributed by atoms with E-state index >= 15 is 0 Å². The van der Waals surface area contributed by atoms with Crippen molar-refractivity contribution in [2.24, 2.45) is 0 Å². The topological polar surface area (TPSA) is 97.5 Å². The number of halogens is 2. The number of alkyl halides is 2. The molecule has 1 N–H and O–H groups in total. The number of hydrogen-bond acceptors (Lipinski definition) is 5. The van der Waals surface area contributed by atoms with E-state index in [1.165, 1.54) is 33.8 Å². The number of nitrogens with zero attached hydrogens (tertiary/aromatic N) is 4. The third-order valence-electron chi connectivity index (χ3n) is 3.67. The number of aliphatic carboxylic acids is 1. The van der Waals surface area contributed by atoms with Gasteiger partial charge in [-0.3, -0.25) is 9.59 Å². The number of amides is 1. The third kappa shape index (κ3) is 4.52. The fourth-order valence-electron chi connectivity index (χ4n) is 2.32. The molecule has 0 aliphatic carbocycles. The van der Waals surface area contributed by atoms with Crippen molar-refractivity contribution < 1.29 is 28.2 Å². The second kappa shape index (κ2) is 8.37. The van der Waals surface area contributed by atoms with Gasteiger partial charge < -0.3 is 14.7 Å². The molecular weight excluding hydrogens is 350 g/mol. The molecule has 0 spiro atoms. The van der Waals surface area contributed by atoms with Crippen LogP contribution in [0.5, 0.6) is 5.75 Å². The lowest BCUT2D eigenvalue weighted by molar-refractivity contribution is -0.137. The number of rotatable bonds is 8. The summed E-state index contributed by atoms with van der Waals surface area (Å²) in [5, 5.41) is 16.6. The van der Waals surface area contributed by atoms with Gasteiger partial charge in [0.1, 0.15) is 5.75 Å². The molecular formula is C16H18F2N4O4. The van der Waals surface area contributed by atoms with Crippen molar-refractivity contribution in [3.05, 3.63) is 35.7 Å². The van der Waals surface area contributed by atoms with Crippen LogP contribution < -0.4 is 4.74 Å². The highest BCUT2D eigenvalue weighted by Crippen LogP contribution is 2.19. The molecule has 0 fully saturated rings. The molecule has 1 amide bonds. The molecule has 0 aliphatic heterocycles. The van der Waals surface area contributed by atoms with Gasteiger partial charge in [0.25, 0.3) is 5.91 Å². The van der Waals surface area contributed by atoms with Crippen molar-refractivity contribution in [1.29, 1.82) is 0 Å². The smallest absolute Gasteiger partial charge is 0.387 e. The average Bonchev–Trinajstić information content (AvgIpc) is 2.96. The quantitative estimate of drug-likeness (QED) is 0.766. The Kier molecular flexibility index (Phi) is 6.21. The largest absolute Gasteiger partial charge is 0.481 e. The van der Waals surface area contributed by atoms with Crippen molar-refractivity contribution in [3.63, 3.8) is 0 Å². The van der Waals surface area contributed by atoms with Crippen LogP contribution in [0.4, 0.5) is 8.78 Å². The summed E-state index contributed by atoms with van der Waals surface area (Å²) in [6.07, 6.45) is -0.168. The first kappa shape index (κ1) is 19.3. The Morgan fingerprint density at radius 1 is 1.31 bits per heavy atom. The third-order valence-corrected chi connectivity index (χ3v) is 3.67. The summed E-state index contributed by atoms with van der Waals surface area (Å²) < 4.78 is 30.1. The van der Waals surface area contributed by atoms with E-state index in [4.69, 9.17) is 5.11 Å². The lowest BCUT2D eigenvalue weighted by Gasteiger charge is -2.18. The molecule has 26 heavy (non-hydrogen) atoms. The van der Waals surface area contributed by atoms with Crippen LogP contribution in [-0.2, 0) is 4.79 Å². The van der Waals surface area contributed by atoms with Crippen molar-refractivity contribution in [3.8, 4) is 11.4 Å². The van der Waals surface area contributed by atoms with Gasteiger partial charge in [0.2, 0.25) is 0 Å². The van der Waals surface area contributed by atoms with Crippen LogP contribution >= 0.6 is 0 Å². The first-order valence-corrected chi connectivity index (χ1v) is 7.82. The molecule has 140 valence electrons. The van der Waals surface area contributed by atoms with Crippen molar-refractivity contribution in [2.45, 2.75) is 26.9 Å². The minimum Gasteiger partial charge on any atom is -0.481 e. The summed E-state index contributed by atoms with van der Waals surface area (Å²) in [4.78, 5) is 24.6. The van der Waals surface area contributed by atoms with Crippen LogP contribution in [0.1, 0.15) is 29.5 Å². The summed E-state index contributed by atoms with van der Waals surface area (Å²) in [5.74, 6) is -1.42. The minimum atomic E-state index is -2.91. The number of carbonyl (C=O) groups is 2. The molecule has 0 saturated carbocycles. The molecule has 0 radical (unpaired) electrons. The van der Waals surface area contributed by atoms with Crippen LogP contribution in [0.2, 0.25) is 0 Å². The second-order valence-corrected chi connectivity index (χ2v) is 5.34. The van der Waals surface area contributed by atoms with E-state index in [2.05, 4.69) is 15.0 Å². The van der Waals surface area contributed by atoms with E-state index in [1.54, 1.807) is 13.8 Å². The summed E-state index contributed by atoms with van der Waals surface area (Å²) in [6, 6.07) is 5.73. The van der Waals surface area contributed by atoms with Gasteiger partial charge in [0.05, 0.1) is 17.8 Å². The molecule has 0 unspecified atom stereocenters. The predicted molar refractivity (Wildman–Crippen MR) is 86.6 cm³/mol. The van der Waals surface area contributed by atoms with E-state index in [0.717, 1.165) is 0 Å². The molecule has 1 heterocycles. The highest BCUT2D eigenvalue weighted by atomic mass is 19.3. The number of aromatic nitrogens is 3. The number of carboxylic acids is 1. The predicted octanol–water partition coefficient (Wildman–Crippen LogP) is 2.11. The zero-order valence-electron chi connectivity index (χ0n) is 14.2. The lowest BCUT2D eigenvalue weighted by atomic mass is 10.2. The van der Waals surface area contributed by atoms with Crippen molar-refractivity contribution in [2.75, 3.05) is 13.1 Å². The summed E-state index contributed by atoms with van der Waals surface area (Å²) in [7, 11) is 0. The SMILES string of the molecule is CCN(CCC(=O)O)C(=O)c1nnn(-c2ccc(OC(F)F)cc2)c1C. The molecule has 10 heteroatoms. The zero-order valence-corrected chi connectivity index (χ0v) is 14.2. The van der Waals surface area contributed by atoms with Crippen LogP contribution in [0, 0.1) is 6.92 Å². The van der Waals surface area contributed by atoms with Crippen LogP contribution in [0.3, 0.4) is 0 Å². The molecule has 0 bridgehead atoms. The van der Waals surface area contributed by atoms with Gasteiger partial charge in [-0.2, -0.15) is 8.78 Å². The van der Waals surface area contributed by atoms with E-state index in [-0.39, 0.29) is 24.4 Å². The average molecular weight is 368 g/mol. The number of hydrogen-bond donors (Lipinski definition) is 1. The standard InChI is InChI=1S/C16H18F2N4O4/c1-3-21(9-8-13(23)24)15(25)14-10(2)22(20-19-14)11-4-6-12(7-5-11)26-16(17)18/h4-7,16H,3,8-9H2,1-2H3,(H,23,24). The van der Waals surface area contributed by atoms with Gasteiger partial charge in [-0.1, -0.05) is 5.21 Å². The van der Waals surface area contributed by atoms with E-state index in [1.807, 2.05) is 0 Å². The highest BCUT2D eigenvalue weighted by molar-refractivity contribution is 5.93. The van der Waals surface area contributed by atoms with Gasteiger partial charge in [0, 0.05) is 13.1 Å². The highest BCUT2D eigenvalue weighted by Gasteiger charge is 2.22. The van der Waals surface area contributed by atoms with Gasteiger partial charge >= 0.3 is 12.6 Å².